The number of hydrogen-bond acceptors (Lipinski definition) is 3. The summed E-state index contributed by atoms with van der Waals surface area (Å²) >= 11 is 0. The molecule has 0 bridgehead atoms. The van der Waals surface area contributed by atoms with Gasteiger partial charge in [0, 0.05) is 12.2 Å². The molecule has 156 valence electrons. The van der Waals surface area contributed by atoms with Crippen LogP contribution < -0.4 is 15.4 Å². The number of carbonyl (C=O) groups is 1. The summed E-state index contributed by atoms with van der Waals surface area (Å²) in [5.41, 5.74) is 4.23. The van der Waals surface area contributed by atoms with Crippen LogP contribution >= 0.6 is 12.4 Å². The predicted octanol–water partition coefficient (Wildman–Crippen LogP) is 4.70. The molecule has 29 heavy (non-hydrogen) atoms. The second-order valence-electron chi connectivity index (χ2n) is 8.30. The predicted molar refractivity (Wildman–Crippen MR) is 116 cm³/mol. The van der Waals surface area contributed by atoms with Crippen LogP contribution in [0.15, 0.2) is 30.3 Å². The third-order valence-corrected chi connectivity index (χ3v) is 5.88. The average Bonchev–Trinajstić information content (AvgIpc) is 2.96. The Balaban J connectivity index is 0.00000240. The van der Waals surface area contributed by atoms with Crippen LogP contribution in [0.5, 0.6) is 5.75 Å². The molecular formula is C23H28ClFN2O2. The molecule has 4 rings (SSSR count). The van der Waals surface area contributed by atoms with Gasteiger partial charge in [-0.3, -0.25) is 4.79 Å². The Morgan fingerprint density at radius 2 is 2.03 bits per heavy atom. The van der Waals surface area contributed by atoms with Crippen molar-refractivity contribution in [2.24, 2.45) is 0 Å². The highest BCUT2D eigenvalue weighted by Crippen LogP contribution is 2.41. The van der Waals surface area contributed by atoms with E-state index in [4.69, 9.17) is 4.74 Å². The zero-order valence-electron chi connectivity index (χ0n) is 17.1. The second-order valence-corrected chi connectivity index (χ2v) is 8.30. The van der Waals surface area contributed by atoms with Crippen molar-refractivity contribution in [1.29, 1.82) is 0 Å². The molecule has 0 fully saturated rings. The van der Waals surface area contributed by atoms with Gasteiger partial charge in [-0.15, -0.1) is 12.4 Å². The third-order valence-electron chi connectivity index (χ3n) is 5.88. The van der Waals surface area contributed by atoms with Crippen LogP contribution in [0, 0.1) is 5.82 Å². The van der Waals surface area contributed by atoms with Gasteiger partial charge in [0.05, 0.1) is 6.61 Å². The van der Waals surface area contributed by atoms with Crippen molar-refractivity contribution < 1.29 is 13.9 Å². The first kappa shape index (κ1) is 21.6. The van der Waals surface area contributed by atoms with Gasteiger partial charge in [0.1, 0.15) is 17.6 Å². The van der Waals surface area contributed by atoms with Crippen LogP contribution in [-0.4, -0.2) is 19.1 Å². The molecule has 0 spiro atoms. The maximum atomic E-state index is 14.7. The number of halogens is 2. The van der Waals surface area contributed by atoms with Crippen molar-refractivity contribution in [3.63, 3.8) is 0 Å². The van der Waals surface area contributed by atoms with Crippen molar-refractivity contribution >= 4 is 24.0 Å². The highest BCUT2D eigenvalue weighted by atomic mass is 35.5. The first-order valence-corrected chi connectivity index (χ1v) is 10.0. The van der Waals surface area contributed by atoms with Crippen molar-refractivity contribution in [2.75, 3.05) is 18.5 Å². The molecule has 2 aromatic carbocycles. The molecule has 1 heterocycles. The molecule has 0 radical (unpaired) electrons. The van der Waals surface area contributed by atoms with Crippen molar-refractivity contribution in [2.45, 2.75) is 51.5 Å². The second kappa shape index (κ2) is 8.33. The lowest BCUT2D eigenvalue weighted by atomic mass is 9.86. The van der Waals surface area contributed by atoms with Gasteiger partial charge < -0.3 is 15.4 Å². The molecule has 4 nitrogen and oxygen atoms in total. The maximum absolute atomic E-state index is 14.7. The van der Waals surface area contributed by atoms with Gasteiger partial charge >= 0.3 is 0 Å². The first-order chi connectivity index (χ1) is 13.4. The fraction of sp³-hybridized carbons (Fsp3) is 0.435. The summed E-state index contributed by atoms with van der Waals surface area (Å²) in [7, 11) is 0. The summed E-state index contributed by atoms with van der Waals surface area (Å²) < 4.78 is 20.3. The summed E-state index contributed by atoms with van der Waals surface area (Å²) in [6.07, 6.45) is 2.62. The number of benzene rings is 2. The quantitative estimate of drug-likeness (QED) is 0.756. The molecule has 2 aliphatic rings. The molecule has 1 aliphatic carbocycles. The molecule has 2 N–H and O–H groups in total. The van der Waals surface area contributed by atoms with E-state index in [9.17, 15) is 9.18 Å². The fourth-order valence-corrected chi connectivity index (χ4v) is 4.51. The third kappa shape index (κ3) is 4.12. The molecule has 0 aromatic heterocycles. The van der Waals surface area contributed by atoms with E-state index >= 15 is 0 Å². The van der Waals surface area contributed by atoms with Crippen LogP contribution in [0.25, 0.3) is 0 Å². The zero-order chi connectivity index (χ0) is 19.9. The topological polar surface area (TPSA) is 50.4 Å². The number of carbonyl (C=O) groups excluding carboxylic acids is 1. The largest absolute Gasteiger partial charge is 0.494 e. The number of fused-ring (bicyclic) bond motifs is 2. The minimum Gasteiger partial charge on any atom is -0.494 e. The highest BCUT2D eigenvalue weighted by Gasteiger charge is 2.33. The van der Waals surface area contributed by atoms with Gasteiger partial charge in [-0.1, -0.05) is 19.9 Å². The highest BCUT2D eigenvalue weighted by molar-refractivity contribution is 5.96. The number of aryl methyl sites for hydroxylation is 1. The van der Waals surface area contributed by atoms with E-state index in [-0.39, 0.29) is 29.5 Å². The Labute approximate surface area is 177 Å². The molecule has 6 heteroatoms. The monoisotopic (exact) mass is 418 g/mol. The summed E-state index contributed by atoms with van der Waals surface area (Å²) in [6.45, 7) is 7.42. The van der Waals surface area contributed by atoms with E-state index in [0.717, 1.165) is 47.3 Å². The number of amides is 1. The van der Waals surface area contributed by atoms with E-state index in [1.54, 1.807) is 0 Å². The molecule has 0 saturated carbocycles. The smallest absolute Gasteiger partial charge is 0.246 e. The zero-order valence-corrected chi connectivity index (χ0v) is 17.9. The lowest BCUT2D eigenvalue weighted by Crippen LogP contribution is -2.38. The number of anilines is 1. The Bertz CT molecular complexity index is 929. The molecular weight excluding hydrogens is 391 g/mol. The van der Waals surface area contributed by atoms with E-state index in [0.29, 0.717) is 18.8 Å². The molecule has 2 aromatic rings. The first-order valence-electron chi connectivity index (χ1n) is 10.0. The van der Waals surface area contributed by atoms with Crippen LogP contribution in [0.1, 0.15) is 55.5 Å². The van der Waals surface area contributed by atoms with Crippen molar-refractivity contribution in [3.05, 3.63) is 58.4 Å². The van der Waals surface area contributed by atoms with E-state index in [1.165, 1.54) is 6.07 Å². The Morgan fingerprint density at radius 1 is 1.24 bits per heavy atom. The van der Waals surface area contributed by atoms with E-state index in [2.05, 4.69) is 24.5 Å². The van der Waals surface area contributed by atoms with Crippen LogP contribution in [0.3, 0.4) is 0 Å². The average molecular weight is 419 g/mol. The summed E-state index contributed by atoms with van der Waals surface area (Å²) in [5.74, 6) is 0.431. The number of rotatable bonds is 4. The molecule has 1 atom stereocenters. The minimum absolute atomic E-state index is 0. The number of hydrogen-bond donors (Lipinski definition) is 2. The van der Waals surface area contributed by atoms with Crippen LogP contribution in [0.2, 0.25) is 0 Å². The molecule has 1 aliphatic heterocycles. The van der Waals surface area contributed by atoms with Crippen LogP contribution in [-0.2, 0) is 23.1 Å². The normalized spacial score (nSPS) is 19.0. The maximum Gasteiger partial charge on any atom is 0.246 e. The van der Waals surface area contributed by atoms with Gasteiger partial charge in [-0.2, -0.15) is 0 Å². The Morgan fingerprint density at radius 3 is 2.79 bits per heavy atom. The van der Waals surface area contributed by atoms with Crippen molar-refractivity contribution in [1.82, 2.24) is 5.32 Å². The van der Waals surface area contributed by atoms with Gasteiger partial charge in [0.2, 0.25) is 5.91 Å². The molecule has 0 saturated heterocycles. The molecule has 1 unspecified atom stereocenters. The van der Waals surface area contributed by atoms with E-state index < -0.39 is 6.04 Å². The molecule has 1 amide bonds. The lowest BCUT2D eigenvalue weighted by molar-refractivity contribution is -0.118. The van der Waals surface area contributed by atoms with E-state index in [1.807, 2.05) is 31.2 Å². The SMILES string of the molecule is CCOc1ccc2c(c1)CCNC2C(=O)Nc1cc(F)c2c(c1)CCC2(C)C.Cl. The summed E-state index contributed by atoms with van der Waals surface area (Å²) in [6, 6.07) is 8.78. The summed E-state index contributed by atoms with van der Waals surface area (Å²) in [4.78, 5) is 13.0. The van der Waals surface area contributed by atoms with Crippen molar-refractivity contribution in [3.8, 4) is 5.75 Å². The minimum atomic E-state index is -0.452. The lowest BCUT2D eigenvalue weighted by Gasteiger charge is -2.27. The number of ether oxygens (including phenoxy) is 1. The Kier molecular flexibility index (Phi) is 6.20. The fourth-order valence-electron chi connectivity index (χ4n) is 4.51. The summed E-state index contributed by atoms with van der Waals surface area (Å²) in [5, 5.41) is 6.20. The van der Waals surface area contributed by atoms with Gasteiger partial charge in [-0.25, -0.2) is 4.39 Å². The van der Waals surface area contributed by atoms with Gasteiger partial charge in [0.15, 0.2) is 0 Å². The standard InChI is InChI=1S/C23H27FN2O2.ClH/c1-4-28-17-5-6-18-14(12-17)8-10-25-21(18)22(27)26-16-11-15-7-9-23(2,3)20(15)19(24)13-16;/h5-6,11-13,21,25H,4,7-10H2,1-3H3,(H,26,27);1H. The Hall–Kier alpha value is -2.11. The number of nitrogens with one attached hydrogen (secondary N) is 2. The van der Waals surface area contributed by atoms with Gasteiger partial charge in [-0.05, 0) is 78.1 Å². The van der Waals surface area contributed by atoms with Crippen LogP contribution in [0.4, 0.5) is 10.1 Å². The van der Waals surface area contributed by atoms with Gasteiger partial charge in [0.25, 0.3) is 0 Å².